The van der Waals surface area contributed by atoms with Crippen LogP contribution in [0.3, 0.4) is 0 Å². The number of hydrogen-bond acceptors (Lipinski definition) is 7. The third-order valence-corrected chi connectivity index (χ3v) is 5.89. The molecule has 0 bridgehead atoms. The lowest BCUT2D eigenvalue weighted by atomic mass is 9.95. The Morgan fingerprint density at radius 2 is 1.82 bits per heavy atom. The summed E-state index contributed by atoms with van der Waals surface area (Å²) in [5, 5.41) is 25.7. The highest BCUT2D eigenvalue weighted by Gasteiger charge is 2.29. The van der Waals surface area contributed by atoms with Crippen LogP contribution in [0.4, 0.5) is 0 Å². The highest BCUT2D eigenvalue weighted by Crippen LogP contribution is 2.16. The number of hydrogen-bond donors (Lipinski definition) is 5. The van der Waals surface area contributed by atoms with Gasteiger partial charge in [0, 0.05) is 38.3 Å². The molecule has 0 saturated carbocycles. The molecule has 1 saturated heterocycles. The molecule has 6 N–H and O–H groups in total. The first-order valence-corrected chi connectivity index (χ1v) is 11.6. The second kappa shape index (κ2) is 12.4. The van der Waals surface area contributed by atoms with Crippen LogP contribution in [0.15, 0.2) is 54.6 Å². The van der Waals surface area contributed by atoms with Crippen molar-refractivity contribution in [3.63, 3.8) is 0 Å². The Bertz CT molecular complexity index is 985. The molecule has 0 spiro atoms. The Hall–Kier alpha value is -3.04. The van der Waals surface area contributed by atoms with Crippen LogP contribution in [0.2, 0.25) is 0 Å². The van der Waals surface area contributed by atoms with E-state index in [0.29, 0.717) is 5.56 Å². The van der Waals surface area contributed by atoms with E-state index in [0.717, 1.165) is 43.9 Å². The van der Waals surface area contributed by atoms with Crippen molar-refractivity contribution >= 4 is 17.8 Å². The van der Waals surface area contributed by atoms with E-state index in [2.05, 4.69) is 15.5 Å². The van der Waals surface area contributed by atoms with Crippen LogP contribution in [0.5, 0.6) is 5.75 Å². The largest absolute Gasteiger partial charge is 0.508 e. The summed E-state index contributed by atoms with van der Waals surface area (Å²) in [7, 11) is 0. The van der Waals surface area contributed by atoms with Gasteiger partial charge in [-0.25, -0.2) is 0 Å². The molecule has 0 radical (unpaired) electrons. The standard InChI is InChI=1S/C26H34N4O4/c1-18(31)24(29-26(34)23(27)17-19-8-10-21(32)11-9-19)25(33)22-7-3-2-5-20(22)6-4-14-30-15-12-28-13-16-30/h2-11,18,23-24,28,31-32H,12-17,27H2,1H3,(H,29,34)/b6-4+/t18?,23?,24-/m1/s1. The number of aliphatic hydroxyl groups excluding tert-OH is 1. The van der Waals surface area contributed by atoms with Gasteiger partial charge in [0.25, 0.3) is 0 Å². The zero-order valence-electron chi connectivity index (χ0n) is 19.5. The molecule has 0 aliphatic carbocycles. The number of nitrogens with one attached hydrogen (secondary N) is 2. The van der Waals surface area contributed by atoms with Gasteiger partial charge < -0.3 is 26.6 Å². The summed E-state index contributed by atoms with van der Waals surface area (Å²) in [6, 6.07) is 11.5. The van der Waals surface area contributed by atoms with Crippen LogP contribution in [0.1, 0.15) is 28.4 Å². The predicted octanol–water partition coefficient (Wildman–Crippen LogP) is 0.929. The number of ketones is 1. The monoisotopic (exact) mass is 466 g/mol. The quantitative estimate of drug-likeness (QED) is 0.330. The van der Waals surface area contributed by atoms with Gasteiger partial charge in [-0.15, -0.1) is 0 Å². The molecule has 182 valence electrons. The number of aliphatic hydroxyl groups is 1. The van der Waals surface area contributed by atoms with E-state index >= 15 is 0 Å². The summed E-state index contributed by atoms with van der Waals surface area (Å²) in [6.45, 7) is 6.14. The normalized spacial score (nSPS) is 17.3. The molecule has 8 heteroatoms. The van der Waals surface area contributed by atoms with Crippen LogP contribution in [-0.4, -0.2) is 77.7 Å². The fraction of sp³-hybridized carbons (Fsp3) is 0.385. The Morgan fingerprint density at radius 3 is 2.50 bits per heavy atom. The van der Waals surface area contributed by atoms with Crippen LogP contribution in [0.25, 0.3) is 6.08 Å². The average molecular weight is 467 g/mol. The van der Waals surface area contributed by atoms with E-state index in [9.17, 15) is 19.8 Å². The third-order valence-electron chi connectivity index (χ3n) is 5.89. The van der Waals surface area contributed by atoms with Gasteiger partial charge in [0.15, 0.2) is 5.78 Å². The number of Topliss-reactive ketones (excluding diaryl/α,β-unsaturated/α-hetero) is 1. The van der Waals surface area contributed by atoms with Gasteiger partial charge in [-0.3, -0.25) is 14.5 Å². The van der Waals surface area contributed by atoms with Crippen molar-refractivity contribution in [1.29, 1.82) is 0 Å². The van der Waals surface area contributed by atoms with Gasteiger partial charge in [0.2, 0.25) is 5.91 Å². The van der Waals surface area contributed by atoms with Crippen molar-refractivity contribution in [2.45, 2.75) is 31.5 Å². The van der Waals surface area contributed by atoms with Gasteiger partial charge in [-0.1, -0.05) is 48.6 Å². The van der Waals surface area contributed by atoms with Crippen molar-refractivity contribution in [3.8, 4) is 5.75 Å². The molecule has 0 aromatic heterocycles. The van der Waals surface area contributed by atoms with Crippen molar-refractivity contribution in [2.24, 2.45) is 5.73 Å². The van der Waals surface area contributed by atoms with E-state index in [4.69, 9.17) is 5.73 Å². The molecule has 1 heterocycles. The maximum absolute atomic E-state index is 13.3. The van der Waals surface area contributed by atoms with Crippen molar-refractivity contribution < 1.29 is 19.8 Å². The molecule has 3 atom stereocenters. The number of carbonyl (C=O) groups is 2. The topological polar surface area (TPSA) is 128 Å². The summed E-state index contributed by atoms with van der Waals surface area (Å²) in [6.07, 6.45) is 3.07. The molecular formula is C26H34N4O4. The number of nitrogens with zero attached hydrogens (tertiary/aromatic N) is 1. The molecule has 34 heavy (non-hydrogen) atoms. The highest BCUT2D eigenvalue weighted by atomic mass is 16.3. The third kappa shape index (κ3) is 7.23. The summed E-state index contributed by atoms with van der Waals surface area (Å²) in [5.74, 6) is -0.774. The van der Waals surface area contributed by atoms with E-state index in [1.807, 2.05) is 24.3 Å². The zero-order chi connectivity index (χ0) is 24.5. The first-order chi connectivity index (χ1) is 16.3. The number of phenolic OH excluding ortho intramolecular Hbond substituents is 1. The summed E-state index contributed by atoms with van der Waals surface area (Å²) < 4.78 is 0. The van der Waals surface area contributed by atoms with Crippen molar-refractivity contribution in [3.05, 3.63) is 71.3 Å². The van der Waals surface area contributed by atoms with Crippen LogP contribution in [-0.2, 0) is 11.2 Å². The van der Waals surface area contributed by atoms with Crippen molar-refractivity contribution in [2.75, 3.05) is 32.7 Å². The second-order valence-electron chi connectivity index (χ2n) is 8.61. The maximum Gasteiger partial charge on any atom is 0.237 e. The maximum atomic E-state index is 13.3. The van der Waals surface area contributed by atoms with Gasteiger partial charge in [-0.05, 0) is 36.6 Å². The highest BCUT2D eigenvalue weighted by molar-refractivity contribution is 6.05. The molecule has 2 aromatic carbocycles. The Balaban J connectivity index is 1.67. The minimum Gasteiger partial charge on any atom is -0.508 e. The molecule has 8 nitrogen and oxygen atoms in total. The number of benzene rings is 2. The van der Waals surface area contributed by atoms with E-state index in [1.165, 1.54) is 19.1 Å². The van der Waals surface area contributed by atoms with Gasteiger partial charge in [0.1, 0.15) is 11.8 Å². The Kier molecular flexibility index (Phi) is 9.35. The lowest BCUT2D eigenvalue weighted by Gasteiger charge is -2.25. The fourth-order valence-corrected chi connectivity index (χ4v) is 3.90. The number of carbonyl (C=O) groups excluding carboxylic acids is 2. The van der Waals surface area contributed by atoms with E-state index in [1.54, 1.807) is 24.3 Å². The lowest BCUT2D eigenvalue weighted by molar-refractivity contribution is -0.123. The number of aromatic hydroxyl groups is 1. The van der Waals surface area contributed by atoms with Crippen LogP contribution in [0, 0.1) is 0 Å². The molecule has 1 aliphatic rings. The van der Waals surface area contributed by atoms with Crippen molar-refractivity contribution in [1.82, 2.24) is 15.5 Å². The number of piperazine rings is 1. The molecule has 2 aromatic rings. The first-order valence-electron chi connectivity index (χ1n) is 11.6. The number of rotatable bonds is 10. The van der Waals surface area contributed by atoms with Crippen LogP contribution >= 0.6 is 0 Å². The SMILES string of the molecule is CC(O)[C@@H](NC(=O)C(N)Cc1ccc(O)cc1)C(=O)c1ccccc1/C=C/CN1CCNCC1. The molecule has 1 fully saturated rings. The molecule has 3 rings (SSSR count). The second-order valence-corrected chi connectivity index (χ2v) is 8.61. The van der Waals surface area contributed by atoms with Gasteiger partial charge in [-0.2, -0.15) is 0 Å². The Labute approximate surface area is 200 Å². The van der Waals surface area contributed by atoms with E-state index < -0.39 is 24.1 Å². The number of phenols is 1. The number of amides is 1. The number of nitrogens with two attached hydrogens (primary N) is 1. The molecule has 1 amide bonds. The molecule has 2 unspecified atom stereocenters. The smallest absolute Gasteiger partial charge is 0.237 e. The molecular weight excluding hydrogens is 432 g/mol. The lowest BCUT2D eigenvalue weighted by Crippen LogP contribution is -2.53. The van der Waals surface area contributed by atoms with Gasteiger partial charge >= 0.3 is 0 Å². The summed E-state index contributed by atoms with van der Waals surface area (Å²) in [4.78, 5) is 28.4. The van der Waals surface area contributed by atoms with Gasteiger partial charge in [0.05, 0.1) is 12.1 Å². The minimum atomic E-state index is -1.12. The average Bonchev–Trinajstić information content (AvgIpc) is 2.84. The fourth-order valence-electron chi connectivity index (χ4n) is 3.90. The zero-order valence-corrected chi connectivity index (χ0v) is 19.5. The summed E-state index contributed by atoms with van der Waals surface area (Å²) >= 11 is 0. The predicted molar refractivity (Wildman–Crippen MR) is 133 cm³/mol. The van der Waals surface area contributed by atoms with Crippen LogP contribution < -0.4 is 16.4 Å². The summed E-state index contributed by atoms with van der Waals surface area (Å²) in [5.41, 5.74) is 7.99. The first kappa shape index (κ1) is 25.6. The van der Waals surface area contributed by atoms with E-state index in [-0.39, 0.29) is 18.0 Å². The minimum absolute atomic E-state index is 0.127. The Morgan fingerprint density at radius 1 is 1.15 bits per heavy atom. The molecule has 1 aliphatic heterocycles.